The van der Waals surface area contributed by atoms with Crippen molar-refractivity contribution in [3.63, 3.8) is 0 Å². The fraction of sp³-hybridized carbons (Fsp3) is 0.300. The van der Waals surface area contributed by atoms with Crippen LogP contribution in [0.15, 0.2) is 24.3 Å². The van der Waals surface area contributed by atoms with E-state index in [0.29, 0.717) is 28.1 Å². The molecule has 1 atom stereocenters. The van der Waals surface area contributed by atoms with Crippen LogP contribution in [0.2, 0.25) is 0 Å². The SMILES string of the molecule is CC(=O)c1c(C)[nH]c(C(=O)[C@H](C)OC(=O)COc2ccc(C#N)cc2)c1C. The Morgan fingerprint density at radius 3 is 2.33 bits per heavy atom. The fourth-order valence-corrected chi connectivity index (χ4v) is 2.78. The first-order valence-corrected chi connectivity index (χ1v) is 8.31. The number of carbonyl (C=O) groups excluding carboxylic acids is 3. The van der Waals surface area contributed by atoms with Gasteiger partial charge in [0, 0.05) is 11.3 Å². The van der Waals surface area contributed by atoms with Gasteiger partial charge in [-0.1, -0.05) is 0 Å². The number of esters is 1. The number of nitrogens with zero attached hydrogens (tertiary/aromatic N) is 1. The Morgan fingerprint density at radius 1 is 1.19 bits per heavy atom. The van der Waals surface area contributed by atoms with Crippen LogP contribution in [-0.4, -0.2) is 35.2 Å². The molecule has 0 fully saturated rings. The topological polar surface area (TPSA) is 109 Å². The third-order valence-corrected chi connectivity index (χ3v) is 4.05. The van der Waals surface area contributed by atoms with Gasteiger partial charge in [-0.15, -0.1) is 0 Å². The Morgan fingerprint density at radius 2 is 1.81 bits per heavy atom. The minimum atomic E-state index is -1.03. The van der Waals surface area contributed by atoms with Crippen molar-refractivity contribution < 1.29 is 23.9 Å². The third-order valence-electron chi connectivity index (χ3n) is 4.05. The molecule has 7 heteroatoms. The molecule has 1 aromatic heterocycles. The van der Waals surface area contributed by atoms with E-state index in [1.807, 2.05) is 6.07 Å². The number of H-pyrrole nitrogens is 1. The number of nitriles is 1. The molecule has 0 unspecified atom stereocenters. The number of rotatable bonds is 7. The number of aryl methyl sites for hydroxylation is 1. The molecular weight excluding hydrogens is 348 g/mol. The maximum Gasteiger partial charge on any atom is 0.344 e. The second-order valence-electron chi connectivity index (χ2n) is 6.10. The predicted molar refractivity (Wildman–Crippen MR) is 96.8 cm³/mol. The van der Waals surface area contributed by atoms with Crippen LogP contribution in [0.25, 0.3) is 0 Å². The number of aromatic nitrogens is 1. The van der Waals surface area contributed by atoms with Crippen LogP contribution >= 0.6 is 0 Å². The highest BCUT2D eigenvalue weighted by Crippen LogP contribution is 2.20. The summed E-state index contributed by atoms with van der Waals surface area (Å²) in [6, 6.07) is 8.24. The number of Topliss-reactive ketones (excluding diaryl/α,β-unsaturated/α-hetero) is 2. The first-order chi connectivity index (χ1) is 12.7. The summed E-state index contributed by atoms with van der Waals surface area (Å²) in [6.45, 7) is 5.91. The average molecular weight is 368 g/mol. The molecule has 1 N–H and O–H groups in total. The molecule has 1 heterocycles. The summed E-state index contributed by atoms with van der Waals surface area (Å²) >= 11 is 0. The first kappa shape index (κ1) is 19.9. The van der Waals surface area contributed by atoms with Gasteiger partial charge in [0.05, 0.1) is 17.3 Å². The zero-order chi connectivity index (χ0) is 20.1. The molecule has 1 aromatic carbocycles. The van der Waals surface area contributed by atoms with Crippen LogP contribution in [0.5, 0.6) is 5.75 Å². The van der Waals surface area contributed by atoms with Gasteiger partial charge in [0.25, 0.3) is 0 Å². The van der Waals surface area contributed by atoms with E-state index in [4.69, 9.17) is 14.7 Å². The van der Waals surface area contributed by atoms with Crippen LogP contribution in [0.1, 0.15) is 51.5 Å². The fourth-order valence-electron chi connectivity index (χ4n) is 2.78. The van der Waals surface area contributed by atoms with Gasteiger partial charge in [0.1, 0.15) is 5.75 Å². The van der Waals surface area contributed by atoms with Crippen LogP contribution in [0.3, 0.4) is 0 Å². The molecule has 0 saturated carbocycles. The lowest BCUT2D eigenvalue weighted by Crippen LogP contribution is -2.28. The summed E-state index contributed by atoms with van der Waals surface area (Å²) in [5.41, 5.74) is 2.35. The molecule has 0 amide bonds. The van der Waals surface area contributed by atoms with E-state index in [2.05, 4.69) is 4.98 Å². The van der Waals surface area contributed by atoms with E-state index in [1.165, 1.54) is 13.8 Å². The summed E-state index contributed by atoms with van der Waals surface area (Å²) in [5.74, 6) is -0.851. The van der Waals surface area contributed by atoms with Crippen molar-refractivity contribution in [3.8, 4) is 11.8 Å². The molecular formula is C20H20N2O5. The van der Waals surface area contributed by atoms with Gasteiger partial charge in [-0.3, -0.25) is 9.59 Å². The highest BCUT2D eigenvalue weighted by Gasteiger charge is 2.26. The number of carbonyl (C=O) groups is 3. The lowest BCUT2D eigenvalue weighted by molar-refractivity contribution is -0.148. The summed E-state index contributed by atoms with van der Waals surface area (Å²) in [5, 5.41) is 8.74. The summed E-state index contributed by atoms with van der Waals surface area (Å²) < 4.78 is 10.4. The van der Waals surface area contributed by atoms with Crippen molar-refractivity contribution in [2.75, 3.05) is 6.61 Å². The van der Waals surface area contributed by atoms with Crippen molar-refractivity contribution in [2.45, 2.75) is 33.8 Å². The van der Waals surface area contributed by atoms with Crippen LogP contribution < -0.4 is 4.74 Å². The highest BCUT2D eigenvalue weighted by molar-refractivity contribution is 6.05. The van der Waals surface area contributed by atoms with Crippen molar-refractivity contribution in [2.24, 2.45) is 0 Å². The molecule has 0 aliphatic carbocycles. The summed E-state index contributed by atoms with van der Waals surface area (Å²) in [6.07, 6.45) is -1.03. The van der Waals surface area contributed by atoms with E-state index < -0.39 is 17.9 Å². The maximum atomic E-state index is 12.5. The van der Waals surface area contributed by atoms with Gasteiger partial charge in [-0.25, -0.2) is 4.79 Å². The van der Waals surface area contributed by atoms with E-state index in [1.54, 1.807) is 38.1 Å². The number of aromatic amines is 1. The van der Waals surface area contributed by atoms with Crippen molar-refractivity contribution >= 4 is 17.5 Å². The molecule has 0 bridgehead atoms. The van der Waals surface area contributed by atoms with Crippen LogP contribution in [0.4, 0.5) is 0 Å². The molecule has 0 radical (unpaired) electrons. The van der Waals surface area contributed by atoms with Crippen molar-refractivity contribution in [3.05, 3.63) is 52.3 Å². The Hall–Kier alpha value is -3.40. The molecule has 0 saturated heterocycles. The normalized spacial score (nSPS) is 11.4. The lowest BCUT2D eigenvalue weighted by atomic mass is 10.0. The van der Waals surface area contributed by atoms with E-state index in [9.17, 15) is 14.4 Å². The minimum absolute atomic E-state index is 0.138. The van der Waals surface area contributed by atoms with Gasteiger partial charge in [0.2, 0.25) is 5.78 Å². The van der Waals surface area contributed by atoms with Crippen molar-refractivity contribution in [1.29, 1.82) is 5.26 Å². The number of benzene rings is 1. The van der Waals surface area contributed by atoms with Gasteiger partial charge in [0.15, 0.2) is 18.5 Å². The van der Waals surface area contributed by atoms with Gasteiger partial charge >= 0.3 is 5.97 Å². The van der Waals surface area contributed by atoms with Crippen LogP contribution in [0, 0.1) is 25.2 Å². The molecule has 0 spiro atoms. The second-order valence-corrected chi connectivity index (χ2v) is 6.10. The zero-order valence-corrected chi connectivity index (χ0v) is 15.6. The zero-order valence-electron chi connectivity index (χ0n) is 15.6. The summed E-state index contributed by atoms with van der Waals surface area (Å²) in [4.78, 5) is 39.1. The highest BCUT2D eigenvalue weighted by atomic mass is 16.6. The largest absolute Gasteiger partial charge is 0.482 e. The molecule has 140 valence electrons. The van der Waals surface area contributed by atoms with E-state index in [0.717, 1.165) is 0 Å². The maximum absolute atomic E-state index is 12.5. The van der Waals surface area contributed by atoms with E-state index >= 15 is 0 Å². The standard InChI is InChI=1S/C20H20N2O5/c1-11-18(13(3)23)12(2)22-19(11)20(25)14(4)27-17(24)10-26-16-7-5-15(9-21)6-8-16/h5-8,14,22H,10H2,1-4H3/t14-/m0/s1. The predicted octanol–water partition coefficient (Wildman–Crippen LogP) is 2.90. The molecule has 2 rings (SSSR count). The minimum Gasteiger partial charge on any atom is -0.482 e. The molecule has 0 aliphatic heterocycles. The molecule has 2 aromatic rings. The lowest BCUT2D eigenvalue weighted by Gasteiger charge is -2.13. The van der Waals surface area contributed by atoms with Gasteiger partial charge < -0.3 is 14.5 Å². The smallest absolute Gasteiger partial charge is 0.344 e. The molecule has 7 nitrogen and oxygen atoms in total. The number of hydrogen-bond donors (Lipinski definition) is 1. The summed E-state index contributed by atoms with van der Waals surface area (Å²) in [7, 11) is 0. The Bertz CT molecular complexity index is 919. The van der Waals surface area contributed by atoms with Crippen LogP contribution in [-0.2, 0) is 9.53 Å². The number of nitrogens with one attached hydrogen (secondary N) is 1. The Kier molecular flexibility index (Phi) is 6.14. The number of ketones is 2. The monoisotopic (exact) mass is 368 g/mol. The third kappa shape index (κ3) is 4.61. The first-order valence-electron chi connectivity index (χ1n) is 8.31. The van der Waals surface area contributed by atoms with Gasteiger partial charge in [-0.05, 0) is 57.5 Å². The van der Waals surface area contributed by atoms with E-state index in [-0.39, 0.29) is 18.1 Å². The molecule has 0 aliphatic rings. The van der Waals surface area contributed by atoms with Crippen molar-refractivity contribution in [1.82, 2.24) is 4.98 Å². The Labute approximate surface area is 156 Å². The number of hydrogen-bond acceptors (Lipinski definition) is 6. The quantitative estimate of drug-likeness (QED) is 0.594. The average Bonchev–Trinajstić information content (AvgIpc) is 2.94. The number of ether oxygens (including phenoxy) is 2. The molecule has 27 heavy (non-hydrogen) atoms. The Balaban J connectivity index is 1.97. The van der Waals surface area contributed by atoms with Gasteiger partial charge in [-0.2, -0.15) is 5.26 Å². The second kappa shape index (κ2) is 8.32.